The second-order valence-electron chi connectivity index (χ2n) is 8.72. The van der Waals surface area contributed by atoms with Crippen LogP contribution in [-0.4, -0.2) is 48.1 Å². The number of rotatable bonds is 8. The van der Waals surface area contributed by atoms with E-state index in [0.29, 0.717) is 24.7 Å². The van der Waals surface area contributed by atoms with Crippen molar-refractivity contribution in [3.8, 4) is 11.5 Å². The molecule has 170 valence electrons. The quantitative estimate of drug-likeness (QED) is 0.634. The topological polar surface area (TPSA) is 71.1 Å². The van der Waals surface area contributed by atoms with Crippen LogP contribution in [0.25, 0.3) is 0 Å². The van der Waals surface area contributed by atoms with Gasteiger partial charge in [-0.3, -0.25) is 9.69 Å². The molecule has 1 spiro atoms. The minimum atomic E-state index is -0.683. The molecule has 0 atom stereocenters. The first-order valence-corrected chi connectivity index (χ1v) is 11.2. The smallest absolute Gasteiger partial charge is 0.326 e. The SMILES string of the molecule is COc1cc(CN(C)CN2C(=O)NC3(CCCCC3)C2=O)ccc1OCc1ccccc1. The molecular weight excluding hydrogens is 406 g/mol. The van der Waals surface area contributed by atoms with Gasteiger partial charge in [0.1, 0.15) is 12.1 Å². The Morgan fingerprint density at radius 2 is 1.75 bits per heavy atom. The van der Waals surface area contributed by atoms with Crippen LogP contribution in [0.3, 0.4) is 0 Å². The zero-order chi connectivity index (χ0) is 22.6. The van der Waals surface area contributed by atoms with Crippen molar-refractivity contribution in [1.29, 1.82) is 0 Å². The second-order valence-corrected chi connectivity index (χ2v) is 8.72. The number of nitrogens with one attached hydrogen (secondary N) is 1. The van der Waals surface area contributed by atoms with Crippen molar-refractivity contribution in [3.05, 3.63) is 59.7 Å². The maximum Gasteiger partial charge on any atom is 0.326 e. The van der Waals surface area contributed by atoms with Gasteiger partial charge in [-0.15, -0.1) is 0 Å². The van der Waals surface area contributed by atoms with Crippen molar-refractivity contribution in [2.24, 2.45) is 0 Å². The molecule has 1 aliphatic heterocycles. The lowest BCUT2D eigenvalue weighted by Crippen LogP contribution is -2.48. The van der Waals surface area contributed by atoms with E-state index in [0.717, 1.165) is 43.2 Å². The lowest BCUT2D eigenvalue weighted by atomic mass is 9.82. The molecule has 2 aromatic carbocycles. The van der Waals surface area contributed by atoms with Gasteiger partial charge >= 0.3 is 6.03 Å². The van der Waals surface area contributed by atoms with E-state index in [-0.39, 0.29) is 18.6 Å². The summed E-state index contributed by atoms with van der Waals surface area (Å²) in [6, 6.07) is 15.5. The van der Waals surface area contributed by atoms with Gasteiger partial charge in [0.2, 0.25) is 0 Å². The Morgan fingerprint density at radius 1 is 1.00 bits per heavy atom. The summed E-state index contributed by atoms with van der Waals surface area (Å²) in [5.74, 6) is 1.25. The fourth-order valence-corrected chi connectivity index (χ4v) is 4.57. The maximum atomic E-state index is 13.0. The Bertz CT molecular complexity index is 957. The largest absolute Gasteiger partial charge is 0.493 e. The molecule has 0 bridgehead atoms. The summed E-state index contributed by atoms with van der Waals surface area (Å²) in [7, 11) is 3.52. The monoisotopic (exact) mass is 437 g/mol. The molecule has 0 unspecified atom stereocenters. The van der Waals surface area contributed by atoms with Crippen LogP contribution in [0, 0.1) is 0 Å². The average molecular weight is 438 g/mol. The molecule has 1 saturated heterocycles. The van der Waals surface area contributed by atoms with E-state index in [1.54, 1.807) is 7.11 Å². The number of carbonyl (C=O) groups is 2. The van der Waals surface area contributed by atoms with E-state index in [2.05, 4.69) is 5.32 Å². The van der Waals surface area contributed by atoms with Gasteiger partial charge in [0.15, 0.2) is 11.5 Å². The summed E-state index contributed by atoms with van der Waals surface area (Å²) in [5, 5.41) is 2.97. The number of benzene rings is 2. The first kappa shape index (κ1) is 22.1. The van der Waals surface area contributed by atoms with Gasteiger partial charge in [-0.2, -0.15) is 0 Å². The number of hydrogen-bond donors (Lipinski definition) is 1. The van der Waals surface area contributed by atoms with Crippen molar-refractivity contribution in [2.45, 2.75) is 50.8 Å². The molecule has 7 heteroatoms. The number of urea groups is 1. The molecule has 3 amide bonds. The summed E-state index contributed by atoms with van der Waals surface area (Å²) in [5.41, 5.74) is 1.41. The normalized spacial score (nSPS) is 17.7. The lowest BCUT2D eigenvalue weighted by molar-refractivity contribution is -0.133. The number of methoxy groups -OCH3 is 1. The fourth-order valence-electron chi connectivity index (χ4n) is 4.57. The van der Waals surface area contributed by atoms with Crippen molar-refractivity contribution >= 4 is 11.9 Å². The molecule has 0 aromatic heterocycles. The highest BCUT2D eigenvalue weighted by atomic mass is 16.5. The molecule has 1 aliphatic carbocycles. The van der Waals surface area contributed by atoms with Crippen molar-refractivity contribution in [3.63, 3.8) is 0 Å². The summed E-state index contributed by atoms with van der Waals surface area (Å²) in [6.07, 6.45) is 4.55. The van der Waals surface area contributed by atoms with Crippen LogP contribution in [0.2, 0.25) is 0 Å². The number of nitrogens with zero attached hydrogens (tertiary/aromatic N) is 2. The Morgan fingerprint density at radius 3 is 2.47 bits per heavy atom. The molecule has 32 heavy (non-hydrogen) atoms. The predicted molar refractivity (Wildman–Crippen MR) is 121 cm³/mol. The predicted octanol–water partition coefficient (Wildman–Crippen LogP) is 3.92. The maximum absolute atomic E-state index is 13.0. The zero-order valence-electron chi connectivity index (χ0n) is 18.8. The van der Waals surface area contributed by atoms with Crippen LogP contribution in [0.5, 0.6) is 11.5 Å². The highest BCUT2D eigenvalue weighted by molar-refractivity contribution is 6.07. The van der Waals surface area contributed by atoms with E-state index in [1.807, 2.05) is 60.5 Å². The average Bonchev–Trinajstić information content (AvgIpc) is 3.03. The van der Waals surface area contributed by atoms with Gasteiger partial charge in [-0.05, 0) is 43.1 Å². The highest BCUT2D eigenvalue weighted by Crippen LogP contribution is 2.34. The highest BCUT2D eigenvalue weighted by Gasteiger charge is 2.51. The van der Waals surface area contributed by atoms with Crippen LogP contribution >= 0.6 is 0 Å². The van der Waals surface area contributed by atoms with Gasteiger partial charge in [-0.1, -0.05) is 55.7 Å². The number of hydrogen-bond acceptors (Lipinski definition) is 5. The molecule has 7 nitrogen and oxygen atoms in total. The van der Waals surface area contributed by atoms with E-state index >= 15 is 0 Å². The minimum Gasteiger partial charge on any atom is -0.493 e. The fraction of sp³-hybridized carbons (Fsp3) is 0.440. The first-order chi connectivity index (χ1) is 15.5. The van der Waals surface area contributed by atoms with Crippen LogP contribution in [-0.2, 0) is 17.9 Å². The molecule has 1 N–H and O–H groups in total. The van der Waals surface area contributed by atoms with Gasteiger partial charge < -0.3 is 14.8 Å². The third-order valence-corrected chi connectivity index (χ3v) is 6.25. The first-order valence-electron chi connectivity index (χ1n) is 11.2. The van der Waals surface area contributed by atoms with Gasteiger partial charge in [0.25, 0.3) is 5.91 Å². The second kappa shape index (κ2) is 9.61. The summed E-state index contributed by atoms with van der Waals surface area (Å²) >= 11 is 0. The van der Waals surface area contributed by atoms with Crippen LogP contribution in [0.15, 0.2) is 48.5 Å². The molecule has 0 radical (unpaired) electrons. The van der Waals surface area contributed by atoms with Crippen LogP contribution in [0.1, 0.15) is 43.2 Å². The molecule has 2 fully saturated rings. The Kier molecular flexibility index (Phi) is 6.65. The molecule has 4 rings (SSSR count). The third kappa shape index (κ3) is 4.72. The lowest BCUT2D eigenvalue weighted by Gasteiger charge is -2.31. The Balaban J connectivity index is 1.37. The number of amides is 3. The molecular formula is C25H31N3O4. The third-order valence-electron chi connectivity index (χ3n) is 6.25. The Hall–Kier alpha value is -3.06. The minimum absolute atomic E-state index is 0.0868. The van der Waals surface area contributed by atoms with E-state index < -0.39 is 5.54 Å². The number of carbonyl (C=O) groups excluding carboxylic acids is 2. The van der Waals surface area contributed by atoms with Crippen LogP contribution in [0.4, 0.5) is 4.79 Å². The number of imide groups is 1. The van der Waals surface area contributed by atoms with Crippen molar-refractivity contribution < 1.29 is 19.1 Å². The summed E-state index contributed by atoms with van der Waals surface area (Å²) in [6.45, 7) is 1.28. The zero-order valence-corrected chi connectivity index (χ0v) is 18.8. The Labute approximate surface area is 189 Å². The standard InChI is InChI=1S/C25H31N3O4/c1-27(18-28-23(29)25(26-24(28)30)13-7-4-8-14-25)16-20-11-12-21(22(15-20)31-2)32-17-19-9-5-3-6-10-19/h3,5-6,9-12,15H,4,7-8,13-14,16-18H2,1-2H3,(H,26,30). The van der Waals surface area contributed by atoms with Crippen molar-refractivity contribution in [1.82, 2.24) is 15.1 Å². The molecule has 1 heterocycles. The summed E-state index contributed by atoms with van der Waals surface area (Å²) < 4.78 is 11.5. The van der Waals surface area contributed by atoms with Crippen molar-refractivity contribution in [2.75, 3.05) is 20.8 Å². The van der Waals surface area contributed by atoms with Gasteiger partial charge in [-0.25, -0.2) is 9.69 Å². The van der Waals surface area contributed by atoms with Crippen LogP contribution < -0.4 is 14.8 Å². The van der Waals surface area contributed by atoms with E-state index in [9.17, 15) is 9.59 Å². The molecule has 2 aliphatic rings. The van der Waals surface area contributed by atoms with E-state index in [4.69, 9.17) is 9.47 Å². The number of ether oxygens (including phenoxy) is 2. The van der Waals surface area contributed by atoms with Gasteiger partial charge in [0, 0.05) is 6.54 Å². The summed E-state index contributed by atoms with van der Waals surface area (Å²) in [4.78, 5) is 28.8. The van der Waals surface area contributed by atoms with Gasteiger partial charge in [0.05, 0.1) is 13.8 Å². The van der Waals surface area contributed by atoms with E-state index in [1.165, 1.54) is 4.90 Å². The molecule has 2 aromatic rings. The molecule has 1 saturated carbocycles.